The molecule has 1 aliphatic rings. The predicted octanol–water partition coefficient (Wildman–Crippen LogP) is 2.76. The van der Waals surface area contributed by atoms with Crippen molar-refractivity contribution in [2.24, 2.45) is 0 Å². The number of carbonyl (C=O) groups excluding carboxylic acids is 1. The third kappa shape index (κ3) is 5.05. The van der Waals surface area contributed by atoms with Crippen molar-refractivity contribution in [1.82, 2.24) is 14.8 Å². The standard InChI is InChI=1S/C19H26N4O2/c1-2-25-18(24)11-14-23-13-10-17(22-23)7-3-6-16-9-8-15-5-4-12-20-19(15)21-16/h8-10,13H,2-7,11-12,14H2,1H3,(H,20,21). The zero-order valence-electron chi connectivity index (χ0n) is 14.8. The molecule has 0 saturated carbocycles. The van der Waals surface area contributed by atoms with E-state index in [1.54, 1.807) is 0 Å². The van der Waals surface area contributed by atoms with Gasteiger partial charge in [-0.15, -0.1) is 0 Å². The fourth-order valence-corrected chi connectivity index (χ4v) is 3.06. The normalized spacial score (nSPS) is 13.2. The van der Waals surface area contributed by atoms with Crippen molar-refractivity contribution in [3.05, 3.63) is 41.3 Å². The Kier molecular flexibility index (Phi) is 6.04. The summed E-state index contributed by atoms with van der Waals surface area (Å²) in [5.74, 6) is 0.888. The summed E-state index contributed by atoms with van der Waals surface area (Å²) in [4.78, 5) is 16.1. The second-order valence-corrected chi connectivity index (χ2v) is 6.32. The number of hydrogen-bond acceptors (Lipinski definition) is 5. The molecule has 0 amide bonds. The Bertz CT molecular complexity index is 711. The van der Waals surface area contributed by atoms with Gasteiger partial charge in [0.15, 0.2) is 0 Å². The molecule has 0 bridgehead atoms. The van der Waals surface area contributed by atoms with Crippen LogP contribution in [0.3, 0.4) is 0 Å². The lowest BCUT2D eigenvalue weighted by Crippen LogP contribution is -2.14. The van der Waals surface area contributed by atoms with Crippen LogP contribution < -0.4 is 5.32 Å². The summed E-state index contributed by atoms with van der Waals surface area (Å²) >= 11 is 0. The fraction of sp³-hybridized carbons (Fsp3) is 0.526. The van der Waals surface area contributed by atoms with Crippen molar-refractivity contribution < 1.29 is 9.53 Å². The van der Waals surface area contributed by atoms with Gasteiger partial charge in [-0.2, -0.15) is 5.10 Å². The molecule has 0 aromatic carbocycles. The molecule has 2 aromatic rings. The average Bonchev–Trinajstić information content (AvgIpc) is 3.08. The van der Waals surface area contributed by atoms with Crippen molar-refractivity contribution in [2.45, 2.75) is 52.0 Å². The van der Waals surface area contributed by atoms with Crippen molar-refractivity contribution >= 4 is 11.8 Å². The van der Waals surface area contributed by atoms with E-state index < -0.39 is 0 Å². The molecular formula is C19H26N4O2. The Labute approximate surface area is 148 Å². The predicted molar refractivity (Wildman–Crippen MR) is 96.5 cm³/mol. The molecule has 0 radical (unpaired) electrons. The van der Waals surface area contributed by atoms with Crippen molar-refractivity contribution in [1.29, 1.82) is 0 Å². The minimum absolute atomic E-state index is 0.174. The van der Waals surface area contributed by atoms with Crippen LogP contribution in [-0.2, 0) is 35.3 Å². The van der Waals surface area contributed by atoms with Gasteiger partial charge in [-0.05, 0) is 56.7 Å². The highest BCUT2D eigenvalue weighted by molar-refractivity contribution is 5.69. The van der Waals surface area contributed by atoms with E-state index in [0.717, 1.165) is 49.4 Å². The number of pyridine rings is 1. The summed E-state index contributed by atoms with van der Waals surface area (Å²) in [6, 6.07) is 6.37. The van der Waals surface area contributed by atoms with Crippen LogP contribution in [0.25, 0.3) is 0 Å². The van der Waals surface area contributed by atoms with E-state index in [9.17, 15) is 4.79 Å². The maximum Gasteiger partial charge on any atom is 0.307 e. The summed E-state index contributed by atoms with van der Waals surface area (Å²) < 4.78 is 6.74. The van der Waals surface area contributed by atoms with Crippen molar-refractivity contribution in [3.63, 3.8) is 0 Å². The van der Waals surface area contributed by atoms with Gasteiger partial charge in [0, 0.05) is 18.4 Å². The quantitative estimate of drug-likeness (QED) is 0.747. The number of aryl methyl sites for hydroxylation is 4. The van der Waals surface area contributed by atoms with Gasteiger partial charge in [0.1, 0.15) is 5.82 Å². The van der Waals surface area contributed by atoms with E-state index in [2.05, 4.69) is 22.5 Å². The zero-order chi connectivity index (χ0) is 17.5. The summed E-state index contributed by atoms with van der Waals surface area (Å²) in [6.45, 7) is 3.83. The third-order valence-corrected chi connectivity index (χ3v) is 4.36. The molecule has 0 spiro atoms. The lowest BCUT2D eigenvalue weighted by Gasteiger charge is -2.17. The number of ether oxygens (including phenoxy) is 1. The Hall–Kier alpha value is -2.37. The first kappa shape index (κ1) is 17.5. The van der Waals surface area contributed by atoms with Crippen molar-refractivity contribution in [3.8, 4) is 0 Å². The highest BCUT2D eigenvalue weighted by Crippen LogP contribution is 2.20. The molecule has 2 aromatic heterocycles. The van der Waals surface area contributed by atoms with E-state index in [1.807, 2.05) is 23.9 Å². The molecule has 134 valence electrons. The fourth-order valence-electron chi connectivity index (χ4n) is 3.06. The average molecular weight is 342 g/mol. The number of anilines is 1. The van der Waals surface area contributed by atoms with Crippen LogP contribution in [0.4, 0.5) is 5.82 Å². The van der Waals surface area contributed by atoms with Gasteiger partial charge in [-0.1, -0.05) is 6.07 Å². The van der Waals surface area contributed by atoms with Crippen LogP contribution in [0.5, 0.6) is 0 Å². The molecule has 0 atom stereocenters. The first-order chi connectivity index (χ1) is 12.2. The molecule has 0 saturated heterocycles. The number of nitrogens with zero attached hydrogens (tertiary/aromatic N) is 3. The lowest BCUT2D eigenvalue weighted by atomic mass is 10.1. The molecule has 1 aliphatic heterocycles. The molecule has 1 N–H and O–H groups in total. The summed E-state index contributed by atoms with van der Waals surface area (Å²) in [5.41, 5.74) is 3.52. The minimum Gasteiger partial charge on any atom is -0.466 e. The Morgan fingerprint density at radius 1 is 1.28 bits per heavy atom. The Balaban J connectivity index is 1.44. The van der Waals surface area contributed by atoms with Crippen molar-refractivity contribution in [2.75, 3.05) is 18.5 Å². The lowest BCUT2D eigenvalue weighted by molar-refractivity contribution is -0.143. The van der Waals surface area contributed by atoms with Gasteiger partial charge in [-0.3, -0.25) is 9.48 Å². The van der Waals surface area contributed by atoms with Gasteiger partial charge >= 0.3 is 5.97 Å². The SMILES string of the molecule is CCOC(=O)CCn1ccc(CCCc2ccc3c(n2)NCCC3)n1. The number of hydrogen-bond donors (Lipinski definition) is 1. The van der Waals surface area contributed by atoms with E-state index in [-0.39, 0.29) is 5.97 Å². The number of fused-ring (bicyclic) bond motifs is 1. The molecular weight excluding hydrogens is 316 g/mol. The first-order valence-electron chi connectivity index (χ1n) is 9.15. The molecule has 6 nitrogen and oxygen atoms in total. The van der Waals surface area contributed by atoms with Gasteiger partial charge in [-0.25, -0.2) is 4.98 Å². The molecule has 3 rings (SSSR count). The number of carbonyl (C=O) groups is 1. The number of rotatable bonds is 8. The highest BCUT2D eigenvalue weighted by atomic mass is 16.5. The van der Waals surface area contributed by atoms with Crippen LogP contribution in [0.2, 0.25) is 0 Å². The van der Waals surface area contributed by atoms with Gasteiger partial charge in [0.25, 0.3) is 0 Å². The monoisotopic (exact) mass is 342 g/mol. The minimum atomic E-state index is -0.174. The largest absolute Gasteiger partial charge is 0.466 e. The maximum atomic E-state index is 11.4. The maximum absolute atomic E-state index is 11.4. The summed E-state index contributed by atoms with van der Waals surface area (Å²) in [6.07, 6.45) is 7.48. The Morgan fingerprint density at radius 3 is 3.04 bits per heavy atom. The van der Waals surface area contributed by atoms with Gasteiger partial charge in [0.05, 0.1) is 25.3 Å². The Morgan fingerprint density at radius 2 is 2.16 bits per heavy atom. The van der Waals surface area contributed by atoms with Gasteiger partial charge in [0.2, 0.25) is 0 Å². The van der Waals surface area contributed by atoms with Crippen LogP contribution in [-0.4, -0.2) is 33.9 Å². The molecule has 0 fully saturated rings. The topological polar surface area (TPSA) is 69.0 Å². The molecule has 0 aliphatic carbocycles. The molecule has 3 heterocycles. The second-order valence-electron chi connectivity index (χ2n) is 6.32. The van der Waals surface area contributed by atoms with E-state index in [4.69, 9.17) is 9.72 Å². The summed E-state index contributed by atoms with van der Waals surface area (Å²) in [7, 11) is 0. The second kappa shape index (κ2) is 8.65. The van der Waals surface area contributed by atoms with Crippen LogP contribution in [0.1, 0.15) is 43.1 Å². The van der Waals surface area contributed by atoms with E-state index >= 15 is 0 Å². The smallest absolute Gasteiger partial charge is 0.307 e. The van der Waals surface area contributed by atoms with E-state index in [1.165, 1.54) is 12.0 Å². The molecule has 6 heteroatoms. The molecule has 25 heavy (non-hydrogen) atoms. The van der Waals surface area contributed by atoms with Crippen LogP contribution in [0, 0.1) is 0 Å². The number of esters is 1. The third-order valence-electron chi connectivity index (χ3n) is 4.36. The number of nitrogens with one attached hydrogen (secondary N) is 1. The van der Waals surface area contributed by atoms with Gasteiger partial charge < -0.3 is 10.1 Å². The van der Waals surface area contributed by atoms with Crippen LogP contribution >= 0.6 is 0 Å². The zero-order valence-corrected chi connectivity index (χ0v) is 14.8. The highest BCUT2D eigenvalue weighted by Gasteiger charge is 2.10. The molecule has 0 unspecified atom stereocenters. The number of aromatic nitrogens is 3. The van der Waals surface area contributed by atoms with Crippen LogP contribution in [0.15, 0.2) is 24.4 Å². The summed E-state index contributed by atoms with van der Waals surface area (Å²) in [5, 5.41) is 7.90. The van der Waals surface area contributed by atoms with E-state index in [0.29, 0.717) is 19.6 Å². The first-order valence-corrected chi connectivity index (χ1v) is 9.15.